The van der Waals surface area contributed by atoms with Gasteiger partial charge in [-0.3, -0.25) is 0 Å². The van der Waals surface area contributed by atoms with Crippen molar-refractivity contribution < 1.29 is 27.4 Å². The number of nitrogens with zero attached hydrogens (tertiary/aromatic N) is 2. The highest BCUT2D eigenvalue weighted by Crippen LogP contribution is 2.52. The normalized spacial score (nSPS) is 18.7. The number of methoxy groups -OCH3 is 1. The van der Waals surface area contributed by atoms with Crippen molar-refractivity contribution in [1.29, 1.82) is 0 Å². The molecule has 8 nitrogen and oxygen atoms in total. The lowest BCUT2D eigenvalue weighted by atomic mass is 9.80. The highest BCUT2D eigenvalue weighted by Gasteiger charge is 2.60. The lowest BCUT2D eigenvalue weighted by Gasteiger charge is -2.35. The number of esters is 1. The van der Waals surface area contributed by atoms with Crippen LogP contribution in [0, 0.1) is 0 Å². The summed E-state index contributed by atoms with van der Waals surface area (Å²) in [6.07, 6.45) is -0.273. The van der Waals surface area contributed by atoms with Crippen molar-refractivity contribution in [3.8, 4) is 11.5 Å². The average Bonchev–Trinajstić information content (AvgIpc) is 3.31. The number of carbonyl (C=O) groups is 1. The van der Waals surface area contributed by atoms with Crippen LogP contribution in [0.2, 0.25) is 10.0 Å². The average molecular weight is 618 g/mol. The summed E-state index contributed by atoms with van der Waals surface area (Å²) in [5.41, 5.74) is -0.737. The van der Waals surface area contributed by atoms with Gasteiger partial charge in [-0.05, 0) is 68.3 Å². The molecule has 3 aromatic carbocycles. The fraction of sp³-hybridized carbons (Fsp3) is 0.267. The van der Waals surface area contributed by atoms with E-state index in [2.05, 4.69) is 6.58 Å². The molecule has 0 aromatic heterocycles. The van der Waals surface area contributed by atoms with Crippen molar-refractivity contribution in [2.75, 3.05) is 13.7 Å². The molecule has 0 bridgehead atoms. The second-order valence-electron chi connectivity index (χ2n) is 9.42. The molecule has 4 rings (SSSR count). The molecule has 0 aliphatic carbocycles. The van der Waals surface area contributed by atoms with Gasteiger partial charge >= 0.3 is 5.97 Å². The number of rotatable bonds is 10. The third-order valence-electron chi connectivity index (χ3n) is 6.46. The Morgan fingerprint density at radius 2 is 1.68 bits per heavy atom. The molecular formula is C30H30Cl2N2O6S. The predicted molar refractivity (Wildman–Crippen MR) is 160 cm³/mol. The zero-order valence-corrected chi connectivity index (χ0v) is 25.3. The number of aliphatic imine (C=N–C) groups is 1. The van der Waals surface area contributed by atoms with E-state index in [9.17, 15) is 13.2 Å². The lowest BCUT2D eigenvalue weighted by Crippen LogP contribution is -2.46. The predicted octanol–water partition coefficient (Wildman–Crippen LogP) is 6.52. The van der Waals surface area contributed by atoms with Gasteiger partial charge in [0.25, 0.3) is 10.0 Å². The van der Waals surface area contributed by atoms with Gasteiger partial charge in [-0.15, -0.1) is 0 Å². The lowest BCUT2D eigenvalue weighted by molar-refractivity contribution is -0.151. The molecule has 0 saturated carbocycles. The molecule has 2 atom stereocenters. The second-order valence-corrected chi connectivity index (χ2v) is 12.0. The highest BCUT2D eigenvalue weighted by molar-refractivity contribution is 7.92. The topological polar surface area (TPSA) is 94.5 Å². The van der Waals surface area contributed by atoms with Crippen molar-refractivity contribution in [2.24, 2.45) is 4.99 Å². The van der Waals surface area contributed by atoms with Crippen molar-refractivity contribution >= 4 is 45.0 Å². The fourth-order valence-corrected chi connectivity index (χ4v) is 6.09. The molecule has 0 spiro atoms. The molecule has 41 heavy (non-hydrogen) atoms. The highest BCUT2D eigenvalue weighted by atomic mass is 35.5. The van der Waals surface area contributed by atoms with Crippen LogP contribution in [0.25, 0.3) is 0 Å². The Morgan fingerprint density at radius 3 is 2.22 bits per heavy atom. The van der Waals surface area contributed by atoms with Crippen LogP contribution in [-0.2, 0) is 25.1 Å². The van der Waals surface area contributed by atoms with Gasteiger partial charge in [0.1, 0.15) is 17.5 Å². The summed E-state index contributed by atoms with van der Waals surface area (Å²) in [7, 11) is -2.77. The van der Waals surface area contributed by atoms with E-state index >= 15 is 0 Å². The summed E-state index contributed by atoms with van der Waals surface area (Å²) in [5, 5.41) is 1.68. The minimum atomic E-state index is -4.29. The standard InChI is InChI=1S/C30H30Cl2N2O6S/c1-6-39-29(35)30(21-10-14-23(32)15-11-21)27(20-8-12-22(31)13-9-20)34(41(36,37)7-2)28(33-30)25-17-16-24(38-5)18-26(25)40-19(3)4/h7-19,27H,2,6H2,1,3-5H3. The number of benzene rings is 3. The largest absolute Gasteiger partial charge is 0.497 e. The Labute approximate surface area is 250 Å². The second kappa shape index (κ2) is 12.1. The maximum absolute atomic E-state index is 14.1. The molecule has 2 unspecified atom stereocenters. The summed E-state index contributed by atoms with van der Waals surface area (Å²) >= 11 is 12.4. The number of sulfonamides is 1. The van der Waals surface area contributed by atoms with Crippen LogP contribution < -0.4 is 9.47 Å². The van der Waals surface area contributed by atoms with E-state index in [1.54, 1.807) is 73.7 Å². The first-order valence-corrected chi connectivity index (χ1v) is 15.0. The van der Waals surface area contributed by atoms with E-state index in [1.807, 2.05) is 13.8 Å². The first kappa shape index (κ1) is 30.4. The minimum absolute atomic E-state index is 0.0326. The van der Waals surface area contributed by atoms with Crippen LogP contribution in [0.4, 0.5) is 0 Å². The maximum Gasteiger partial charge on any atom is 0.341 e. The van der Waals surface area contributed by atoms with Gasteiger partial charge in [-0.2, -0.15) is 0 Å². The van der Waals surface area contributed by atoms with Crippen molar-refractivity contribution in [1.82, 2.24) is 4.31 Å². The summed E-state index contributed by atoms with van der Waals surface area (Å²) in [4.78, 5) is 19.1. The number of hydrogen-bond acceptors (Lipinski definition) is 7. The Kier molecular flexibility index (Phi) is 9.01. The molecule has 0 N–H and O–H groups in total. The van der Waals surface area contributed by atoms with Crippen LogP contribution in [0.1, 0.15) is 43.5 Å². The third-order valence-corrected chi connectivity index (χ3v) is 8.31. The summed E-state index contributed by atoms with van der Waals surface area (Å²) in [6, 6.07) is 16.7. The van der Waals surface area contributed by atoms with Crippen LogP contribution in [0.15, 0.2) is 83.7 Å². The van der Waals surface area contributed by atoms with Gasteiger partial charge in [0.05, 0.1) is 25.4 Å². The Bertz CT molecular complexity index is 1570. The maximum atomic E-state index is 14.1. The number of hydrogen-bond donors (Lipinski definition) is 0. The zero-order valence-electron chi connectivity index (χ0n) is 23.0. The van der Waals surface area contributed by atoms with Crippen LogP contribution in [0.5, 0.6) is 11.5 Å². The van der Waals surface area contributed by atoms with Crippen LogP contribution in [-0.4, -0.2) is 44.3 Å². The van der Waals surface area contributed by atoms with Crippen LogP contribution >= 0.6 is 23.2 Å². The van der Waals surface area contributed by atoms with Gasteiger partial charge in [0, 0.05) is 21.5 Å². The van der Waals surface area contributed by atoms with E-state index in [-0.39, 0.29) is 18.5 Å². The van der Waals surface area contributed by atoms with E-state index in [1.165, 1.54) is 7.11 Å². The van der Waals surface area contributed by atoms with Gasteiger partial charge in [-0.1, -0.05) is 54.0 Å². The molecule has 1 aliphatic heterocycles. The molecule has 216 valence electrons. The smallest absolute Gasteiger partial charge is 0.341 e. The van der Waals surface area contributed by atoms with Crippen LogP contribution in [0.3, 0.4) is 0 Å². The van der Waals surface area contributed by atoms with Gasteiger partial charge in [0.15, 0.2) is 5.84 Å². The van der Waals surface area contributed by atoms with Gasteiger partial charge in [-0.25, -0.2) is 22.5 Å². The Morgan fingerprint density at radius 1 is 1.07 bits per heavy atom. The molecule has 0 saturated heterocycles. The minimum Gasteiger partial charge on any atom is -0.497 e. The first-order valence-electron chi connectivity index (χ1n) is 12.8. The molecule has 11 heteroatoms. The fourth-order valence-electron chi connectivity index (χ4n) is 4.73. The zero-order chi connectivity index (χ0) is 29.9. The SMILES string of the molecule is C=CS(=O)(=O)N1C(c2ccc(OC)cc2OC(C)C)=NC(C(=O)OCC)(c2ccc(Cl)cc2)C1c1ccc(Cl)cc1. The number of amidine groups is 1. The van der Waals surface area contributed by atoms with Gasteiger partial charge in [0.2, 0.25) is 5.54 Å². The number of ether oxygens (including phenoxy) is 3. The van der Waals surface area contributed by atoms with Crippen molar-refractivity contribution in [2.45, 2.75) is 38.5 Å². The van der Waals surface area contributed by atoms with E-state index in [4.69, 9.17) is 42.4 Å². The molecular weight excluding hydrogens is 587 g/mol. The van der Waals surface area contributed by atoms with E-state index in [0.717, 1.165) is 9.71 Å². The monoisotopic (exact) mass is 616 g/mol. The first-order chi connectivity index (χ1) is 19.5. The number of halogens is 2. The Balaban J connectivity index is 2.16. The summed E-state index contributed by atoms with van der Waals surface area (Å²) in [5.74, 6) is 0.0187. The molecule has 1 aliphatic rings. The Hall–Kier alpha value is -3.53. The molecule has 0 radical (unpaired) electrons. The third kappa shape index (κ3) is 5.80. The van der Waals surface area contributed by atoms with E-state index in [0.29, 0.717) is 38.2 Å². The molecule has 1 heterocycles. The van der Waals surface area contributed by atoms with Crippen molar-refractivity contribution in [3.63, 3.8) is 0 Å². The quantitative estimate of drug-likeness (QED) is 0.241. The van der Waals surface area contributed by atoms with Gasteiger partial charge < -0.3 is 14.2 Å². The molecule has 0 fully saturated rings. The number of carbonyl (C=O) groups excluding carboxylic acids is 1. The van der Waals surface area contributed by atoms with E-state index < -0.39 is 27.6 Å². The summed E-state index contributed by atoms with van der Waals surface area (Å²) in [6.45, 7) is 8.94. The van der Waals surface area contributed by atoms with Crippen molar-refractivity contribution in [3.05, 3.63) is 105 Å². The molecule has 3 aromatic rings. The summed E-state index contributed by atoms with van der Waals surface area (Å²) < 4.78 is 46.0. The molecule has 0 amide bonds.